The van der Waals surface area contributed by atoms with Gasteiger partial charge in [-0.3, -0.25) is 0 Å². The van der Waals surface area contributed by atoms with Gasteiger partial charge in [0.1, 0.15) is 6.07 Å². The van der Waals surface area contributed by atoms with Gasteiger partial charge in [-0.1, -0.05) is 0 Å². The van der Waals surface area contributed by atoms with Crippen molar-refractivity contribution < 1.29 is 13.2 Å². The van der Waals surface area contributed by atoms with E-state index in [0.29, 0.717) is 11.6 Å². The van der Waals surface area contributed by atoms with Gasteiger partial charge in [-0.15, -0.1) is 0 Å². The number of rotatable bonds is 3. The summed E-state index contributed by atoms with van der Waals surface area (Å²) in [5.74, 6) is 0.456. The Labute approximate surface area is 122 Å². The van der Waals surface area contributed by atoms with E-state index in [0.717, 1.165) is 44.6 Å². The van der Waals surface area contributed by atoms with Crippen LogP contribution in [0.25, 0.3) is 0 Å². The Morgan fingerprint density at radius 3 is 2.76 bits per heavy atom. The van der Waals surface area contributed by atoms with E-state index in [-0.39, 0.29) is 5.56 Å². The number of benzene rings is 1. The highest BCUT2D eigenvalue weighted by Crippen LogP contribution is 2.32. The van der Waals surface area contributed by atoms with Crippen LogP contribution in [0.1, 0.15) is 24.0 Å². The number of nitriles is 1. The second-order valence-corrected chi connectivity index (χ2v) is 5.43. The van der Waals surface area contributed by atoms with Gasteiger partial charge in [0.05, 0.1) is 16.8 Å². The highest BCUT2D eigenvalue weighted by Gasteiger charge is 2.31. The van der Waals surface area contributed by atoms with Crippen molar-refractivity contribution in [3.63, 3.8) is 0 Å². The SMILES string of the molecule is CN(CC1CCCNC1)c1ccc(C(F)(F)F)cc1C#N. The van der Waals surface area contributed by atoms with E-state index in [2.05, 4.69) is 5.32 Å². The molecule has 0 aliphatic carbocycles. The summed E-state index contributed by atoms with van der Waals surface area (Å²) >= 11 is 0. The van der Waals surface area contributed by atoms with Crippen LogP contribution in [0.4, 0.5) is 18.9 Å². The third kappa shape index (κ3) is 3.88. The first-order valence-corrected chi connectivity index (χ1v) is 6.95. The standard InChI is InChI=1S/C15H18F3N3/c1-21(10-11-3-2-6-20-9-11)14-5-4-13(15(16,17)18)7-12(14)8-19/h4-5,7,11,20H,2-3,6,9-10H2,1H3. The largest absolute Gasteiger partial charge is 0.416 e. The second kappa shape index (κ2) is 6.35. The third-order valence-corrected chi connectivity index (χ3v) is 3.79. The summed E-state index contributed by atoms with van der Waals surface area (Å²) in [5.41, 5.74) is -0.164. The summed E-state index contributed by atoms with van der Waals surface area (Å²) in [5, 5.41) is 12.4. The number of nitrogens with zero attached hydrogens (tertiary/aromatic N) is 2. The lowest BCUT2D eigenvalue weighted by Crippen LogP contribution is -2.37. The molecule has 1 atom stereocenters. The molecule has 0 bridgehead atoms. The van der Waals surface area contributed by atoms with E-state index >= 15 is 0 Å². The van der Waals surface area contributed by atoms with Crippen LogP contribution in [0.15, 0.2) is 18.2 Å². The molecule has 1 heterocycles. The molecule has 1 fully saturated rings. The van der Waals surface area contributed by atoms with Crippen molar-refractivity contribution in [2.75, 3.05) is 31.6 Å². The quantitative estimate of drug-likeness (QED) is 0.932. The lowest BCUT2D eigenvalue weighted by Gasteiger charge is -2.29. The van der Waals surface area contributed by atoms with Gasteiger partial charge in [0.2, 0.25) is 0 Å². The molecule has 0 spiro atoms. The highest BCUT2D eigenvalue weighted by molar-refractivity contribution is 5.60. The van der Waals surface area contributed by atoms with Crippen molar-refractivity contribution in [2.45, 2.75) is 19.0 Å². The molecule has 0 radical (unpaired) electrons. The lowest BCUT2D eigenvalue weighted by atomic mass is 9.98. The molecular formula is C15H18F3N3. The number of piperidine rings is 1. The van der Waals surface area contributed by atoms with Gasteiger partial charge < -0.3 is 10.2 Å². The fraction of sp³-hybridized carbons (Fsp3) is 0.533. The van der Waals surface area contributed by atoms with Gasteiger partial charge in [0.15, 0.2) is 0 Å². The van der Waals surface area contributed by atoms with E-state index in [1.807, 2.05) is 18.0 Å². The van der Waals surface area contributed by atoms with Crippen molar-refractivity contribution in [2.24, 2.45) is 5.92 Å². The molecular weight excluding hydrogens is 279 g/mol. The minimum atomic E-state index is -4.42. The monoisotopic (exact) mass is 297 g/mol. The molecule has 1 saturated heterocycles. The van der Waals surface area contributed by atoms with Crippen molar-refractivity contribution in [1.29, 1.82) is 5.26 Å². The zero-order chi connectivity index (χ0) is 15.5. The van der Waals surface area contributed by atoms with Gasteiger partial charge in [-0.2, -0.15) is 18.4 Å². The van der Waals surface area contributed by atoms with Crippen LogP contribution in [0.3, 0.4) is 0 Å². The fourth-order valence-electron chi connectivity index (χ4n) is 2.70. The predicted molar refractivity (Wildman–Crippen MR) is 75.0 cm³/mol. The van der Waals surface area contributed by atoms with Crippen LogP contribution in [0, 0.1) is 17.2 Å². The average molecular weight is 297 g/mol. The molecule has 1 aliphatic heterocycles. The number of halogens is 3. The maximum atomic E-state index is 12.7. The van der Waals surface area contributed by atoms with E-state index in [1.165, 1.54) is 6.07 Å². The number of anilines is 1. The second-order valence-electron chi connectivity index (χ2n) is 5.43. The Bertz CT molecular complexity index is 528. The topological polar surface area (TPSA) is 39.1 Å². The number of alkyl halides is 3. The molecule has 1 N–H and O–H groups in total. The normalized spacial score (nSPS) is 19.1. The minimum absolute atomic E-state index is 0.0658. The molecule has 1 aliphatic rings. The van der Waals surface area contributed by atoms with Crippen LogP contribution >= 0.6 is 0 Å². The molecule has 0 amide bonds. The molecule has 3 nitrogen and oxygen atoms in total. The first-order valence-electron chi connectivity index (χ1n) is 6.95. The summed E-state index contributed by atoms with van der Waals surface area (Å²) in [6.07, 6.45) is -2.22. The van der Waals surface area contributed by atoms with Crippen LogP contribution in [-0.4, -0.2) is 26.7 Å². The van der Waals surface area contributed by atoms with Crippen molar-refractivity contribution in [3.8, 4) is 6.07 Å². The number of hydrogen-bond acceptors (Lipinski definition) is 3. The Morgan fingerprint density at radius 2 is 2.19 bits per heavy atom. The maximum absolute atomic E-state index is 12.7. The summed E-state index contributed by atoms with van der Waals surface area (Å²) in [7, 11) is 1.82. The average Bonchev–Trinajstić information content (AvgIpc) is 2.46. The molecule has 1 unspecified atom stereocenters. The van der Waals surface area contributed by atoms with Gasteiger partial charge in [-0.25, -0.2) is 0 Å². The molecule has 114 valence electrons. The van der Waals surface area contributed by atoms with E-state index in [4.69, 9.17) is 5.26 Å². The van der Waals surface area contributed by atoms with E-state index < -0.39 is 11.7 Å². The molecule has 0 saturated carbocycles. The predicted octanol–water partition coefficient (Wildman–Crippen LogP) is 3.01. The van der Waals surface area contributed by atoms with Crippen LogP contribution in [-0.2, 0) is 6.18 Å². The Hall–Kier alpha value is -1.74. The van der Waals surface area contributed by atoms with Gasteiger partial charge in [0, 0.05) is 13.6 Å². The molecule has 0 aromatic heterocycles. The van der Waals surface area contributed by atoms with Gasteiger partial charge in [-0.05, 0) is 50.0 Å². The smallest absolute Gasteiger partial charge is 0.373 e. The number of nitrogens with one attached hydrogen (secondary N) is 1. The maximum Gasteiger partial charge on any atom is 0.416 e. The summed E-state index contributed by atoms with van der Waals surface area (Å²) < 4.78 is 38.0. The Balaban J connectivity index is 2.16. The minimum Gasteiger partial charge on any atom is -0.373 e. The summed E-state index contributed by atoms with van der Waals surface area (Å²) in [4.78, 5) is 1.87. The molecule has 6 heteroatoms. The van der Waals surface area contributed by atoms with Crippen molar-refractivity contribution in [1.82, 2.24) is 5.32 Å². The first kappa shape index (κ1) is 15.6. The van der Waals surface area contributed by atoms with E-state index in [9.17, 15) is 13.2 Å². The molecule has 21 heavy (non-hydrogen) atoms. The van der Waals surface area contributed by atoms with Gasteiger partial charge in [0.25, 0.3) is 0 Å². The van der Waals surface area contributed by atoms with Crippen LogP contribution in [0.2, 0.25) is 0 Å². The lowest BCUT2D eigenvalue weighted by molar-refractivity contribution is -0.137. The van der Waals surface area contributed by atoms with E-state index in [1.54, 1.807) is 0 Å². The zero-order valence-electron chi connectivity index (χ0n) is 11.9. The highest BCUT2D eigenvalue weighted by atomic mass is 19.4. The van der Waals surface area contributed by atoms with Crippen molar-refractivity contribution in [3.05, 3.63) is 29.3 Å². The number of hydrogen-bond donors (Lipinski definition) is 1. The third-order valence-electron chi connectivity index (χ3n) is 3.79. The van der Waals surface area contributed by atoms with Crippen molar-refractivity contribution >= 4 is 5.69 Å². The molecule has 1 aromatic rings. The zero-order valence-corrected chi connectivity index (χ0v) is 11.9. The fourth-order valence-corrected chi connectivity index (χ4v) is 2.70. The van der Waals surface area contributed by atoms with Gasteiger partial charge >= 0.3 is 6.18 Å². The summed E-state index contributed by atoms with van der Waals surface area (Å²) in [6, 6.07) is 5.21. The Kier molecular flexibility index (Phi) is 4.73. The van der Waals surface area contributed by atoms with Crippen LogP contribution in [0.5, 0.6) is 0 Å². The Morgan fingerprint density at radius 1 is 1.43 bits per heavy atom. The first-order chi connectivity index (χ1) is 9.91. The molecule has 1 aromatic carbocycles. The summed E-state index contributed by atoms with van der Waals surface area (Å²) in [6.45, 7) is 2.66. The van der Waals surface area contributed by atoms with Crippen LogP contribution < -0.4 is 10.2 Å². The molecule has 2 rings (SSSR count).